The Labute approximate surface area is 91.1 Å². The number of rotatable bonds is 5. The quantitative estimate of drug-likeness (QED) is 0.796. The molecule has 0 bridgehead atoms. The van der Waals surface area contributed by atoms with Crippen molar-refractivity contribution in [2.75, 3.05) is 7.05 Å². The monoisotopic (exact) mass is 208 g/mol. The van der Waals surface area contributed by atoms with Gasteiger partial charge in [-0.15, -0.1) is 0 Å². The molecule has 0 radical (unpaired) electrons. The summed E-state index contributed by atoms with van der Waals surface area (Å²) < 4.78 is 1.84. The van der Waals surface area contributed by atoms with Crippen LogP contribution in [0.3, 0.4) is 0 Å². The summed E-state index contributed by atoms with van der Waals surface area (Å²) in [6, 6.07) is 5.92. The number of hydrogen-bond acceptors (Lipinski definition) is 2. The Balaban J connectivity index is 2.54. The summed E-state index contributed by atoms with van der Waals surface area (Å²) >= 11 is 0. The lowest BCUT2D eigenvalue weighted by Gasteiger charge is -2.12. The number of pyridine rings is 1. The summed E-state index contributed by atoms with van der Waals surface area (Å²) in [5.74, 6) is 0. The zero-order chi connectivity index (χ0) is 11.3. The molecule has 0 aromatic carbocycles. The van der Waals surface area contributed by atoms with Crippen LogP contribution >= 0.6 is 0 Å². The first-order valence-electron chi connectivity index (χ1n) is 5.49. The summed E-state index contributed by atoms with van der Waals surface area (Å²) in [7, 11) is 1.96. The van der Waals surface area contributed by atoms with E-state index in [1.54, 1.807) is 6.07 Å². The molecule has 0 saturated heterocycles. The van der Waals surface area contributed by atoms with Gasteiger partial charge in [-0.2, -0.15) is 0 Å². The Hall–Kier alpha value is -1.09. The van der Waals surface area contributed by atoms with Gasteiger partial charge < -0.3 is 9.88 Å². The maximum absolute atomic E-state index is 11.5. The third-order valence-corrected chi connectivity index (χ3v) is 2.78. The molecule has 0 fully saturated rings. The molecule has 0 aliphatic carbocycles. The number of aromatic nitrogens is 1. The summed E-state index contributed by atoms with van der Waals surface area (Å²) in [5.41, 5.74) is 1.15. The van der Waals surface area contributed by atoms with Gasteiger partial charge in [-0.05, 0) is 39.8 Å². The smallest absolute Gasteiger partial charge is 0.250 e. The van der Waals surface area contributed by atoms with Crippen LogP contribution in [-0.2, 0) is 6.54 Å². The average molecular weight is 208 g/mol. The Morgan fingerprint density at radius 3 is 2.80 bits per heavy atom. The van der Waals surface area contributed by atoms with E-state index in [-0.39, 0.29) is 5.56 Å². The van der Waals surface area contributed by atoms with Crippen LogP contribution in [0.5, 0.6) is 0 Å². The highest BCUT2D eigenvalue weighted by molar-refractivity contribution is 5.04. The fourth-order valence-corrected chi connectivity index (χ4v) is 1.61. The van der Waals surface area contributed by atoms with E-state index in [2.05, 4.69) is 12.2 Å². The number of nitrogens with zero attached hydrogens (tertiary/aromatic N) is 1. The molecule has 0 spiro atoms. The van der Waals surface area contributed by atoms with Gasteiger partial charge in [0.25, 0.3) is 5.56 Å². The predicted octanol–water partition coefficient (Wildman–Crippen LogP) is 1.54. The van der Waals surface area contributed by atoms with E-state index in [0.29, 0.717) is 6.04 Å². The van der Waals surface area contributed by atoms with Crippen molar-refractivity contribution in [1.82, 2.24) is 9.88 Å². The second kappa shape index (κ2) is 5.71. The Morgan fingerprint density at radius 2 is 2.20 bits per heavy atom. The molecule has 1 rings (SSSR count). The number of hydrogen-bond donors (Lipinski definition) is 1. The fourth-order valence-electron chi connectivity index (χ4n) is 1.61. The van der Waals surface area contributed by atoms with Crippen LogP contribution in [0.25, 0.3) is 0 Å². The lowest BCUT2D eigenvalue weighted by molar-refractivity contribution is 0.498. The topological polar surface area (TPSA) is 34.0 Å². The number of aryl methyl sites for hydroxylation is 1. The van der Waals surface area contributed by atoms with Gasteiger partial charge in [0.1, 0.15) is 0 Å². The first kappa shape index (κ1) is 12.0. The molecule has 0 saturated carbocycles. The van der Waals surface area contributed by atoms with Crippen LogP contribution in [0.2, 0.25) is 0 Å². The van der Waals surface area contributed by atoms with Gasteiger partial charge in [-0.3, -0.25) is 4.79 Å². The highest BCUT2D eigenvalue weighted by Crippen LogP contribution is 2.00. The van der Waals surface area contributed by atoms with Crippen LogP contribution in [0, 0.1) is 6.92 Å². The Kier molecular flexibility index (Phi) is 4.56. The van der Waals surface area contributed by atoms with Gasteiger partial charge in [0.05, 0.1) is 0 Å². The SMILES string of the molecule is CNC(C)CCCn1c(C)cccc1=O. The highest BCUT2D eigenvalue weighted by atomic mass is 16.1. The molecular weight excluding hydrogens is 188 g/mol. The average Bonchev–Trinajstić information content (AvgIpc) is 2.22. The second-order valence-electron chi connectivity index (χ2n) is 3.99. The van der Waals surface area contributed by atoms with E-state index < -0.39 is 0 Å². The minimum Gasteiger partial charge on any atom is -0.317 e. The normalized spacial score (nSPS) is 12.7. The number of nitrogens with one attached hydrogen (secondary N) is 1. The van der Waals surface area contributed by atoms with Crippen molar-refractivity contribution in [3.8, 4) is 0 Å². The standard InChI is InChI=1S/C12H20N2O/c1-10(13-3)6-5-9-14-11(2)7-4-8-12(14)15/h4,7-8,10,13H,5-6,9H2,1-3H3. The summed E-state index contributed by atoms with van der Waals surface area (Å²) in [6.07, 6.45) is 2.13. The Bertz CT molecular complexity index is 357. The van der Waals surface area contributed by atoms with Crippen molar-refractivity contribution < 1.29 is 0 Å². The molecule has 1 N–H and O–H groups in total. The van der Waals surface area contributed by atoms with Crippen LogP contribution < -0.4 is 10.9 Å². The molecule has 0 aliphatic heterocycles. The van der Waals surface area contributed by atoms with Crippen molar-refractivity contribution >= 4 is 0 Å². The van der Waals surface area contributed by atoms with Gasteiger partial charge in [-0.25, -0.2) is 0 Å². The van der Waals surface area contributed by atoms with Crippen LogP contribution in [-0.4, -0.2) is 17.7 Å². The van der Waals surface area contributed by atoms with E-state index in [9.17, 15) is 4.79 Å². The lowest BCUT2D eigenvalue weighted by Crippen LogP contribution is -2.24. The van der Waals surface area contributed by atoms with Gasteiger partial charge in [0, 0.05) is 24.3 Å². The van der Waals surface area contributed by atoms with Gasteiger partial charge >= 0.3 is 0 Å². The highest BCUT2D eigenvalue weighted by Gasteiger charge is 2.01. The van der Waals surface area contributed by atoms with E-state index in [1.165, 1.54) is 0 Å². The molecule has 0 amide bonds. The van der Waals surface area contributed by atoms with Gasteiger partial charge in [0.2, 0.25) is 0 Å². The fraction of sp³-hybridized carbons (Fsp3) is 0.583. The third kappa shape index (κ3) is 3.51. The largest absolute Gasteiger partial charge is 0.317 e. The van der Waals surface area contributed by atoms with E-state index >= 15 is 0 Å². The molecule has 1 aromatic rings. The minimum atomic E-state index is 0.104. The summed E-state index contributed by atoms with van der Waals surface area (Å²) in [6.45, 7) is 4.95. The molecule has 1 unspecified atom stereocenters. The Morgan fingerprint density at radius 1 is 1.47 bits per heavy atom. The van der Waals surface area contributed by atoms with Crippen LogP contribution in [0.15, 0.2) is 23.0 Å². The molecule has 1 heterocycles. The van der Waals surface area contributed by atoms with Crippen LogP contribution in [0.4, 0.5) is 0 Å². The molecule has 1 atom stereocenters. The lowest BCUT2D eigenvalue weighted by atomic mass is 10.2. The summed E-state index contributed by atoms with van der Waals surface area (Å²) in [5, 5.41) is 3.19. The first-order chi connectivity index (χ1) is 7.15. The molecule has 0 aliphatic rings. The zero-order valence-electron chi connectivity index (χ0n) is 9.79. The molecule has 84 valence electrons. The molecule has 3 heteroatoms. The van der Waals surface area contributed by atoms with Crippen molar-refractivity contribution in [3.05, 3.63) is 34.2 Å². The predicted molar refractivity (Wildman–Crippen MR) is 63.2 cm³/mol. The van der Waals surface area contributed by atoms with Crippen LogP contribution in [0.1, 0.15) is 25.5 Å². The van der Waals surface area contributed by atoms with Crippen molar-refractivity contribution in [2.24, 2.45) is 0 Å². The van der Waals surface area contributed by atoms with Crippen molar-refractivity contribution in [2.45, 2.75) is 39.3 Å². The van der Waals surface area contributed by atoms with E-state index in [0.717, 1.165) is 25.1 Å². The van der Waals surface area contributed by atoms with Gasteiger partial charge in [0.15, 0.2) is 0 Å². The van der Waals surface area contributed by atoms with Crippen molar-refractivity contribution in [1.29, 1.82) is 0 Å². The third-order valence-electron chi connectivity index (χ3n) is 2.78. The molecular formula is C12H20N2O. The zero-order valence-corrected chi connectivity index (χ0v) is 9.79. The van der Waals surface area contributed by atoms with E-state index in [4.69, 9.17) is 0 Å². The molecule has 1 aromatic heterocycles. The maximum Gasteiger partial charge on any atom is 0.250 e. The van der Waals surface area contributed by atoms with Crippen molar-refractivity contribution in [3.63, 3.8) is 0 Å². The summed E-state index contributed by atoms with van der Waals surface area (Å²) in [4.78, 5) is 11.5. The maximum atomic E-state index is 11.5. The molecule has 3 nitrogen and oxygen atoms in total. The van der Waals surface area contributed by atoms with E-state index in [1.807, 2.05) is 30.7 Å². The minimum absolute atomic E-state index is 0.104. The van der Waals surface area contributed by atoms with Gasteiger partial charge in [-0.1, -0.05) is 6.07 Å². The molecule has 15 heavy (non-hydrogen) atoms. The second-order valence-corrected chi connectivity index (χ2v) is 3.99. The first-order valence-corrected chi connectivity index (χ1v) is 5.49.